The Labute approximate surface area is 118 Å². The Morgan fingerprint density at radius 1 is 1.50 bits per heavy atom. The largest absolute Gasteiger partial charge is 0.494 e. The molecule has 2 unspecified atom stereocenters. The first-order chi connectivity index (χ1) is 9.63. The lowest BCUT2D eigenvalue weighted by atomic mass is 10.1. The van der Waals surface area contributed by atoms with Crippen LogP contribution in [0.1, 0.15) is 37.0 Å². The molecule has 2 rings (SSSR count). The molecule has 110 valence electrons. The van der Waals surface area contributed by atoms with Gasteiger partial charge in [0.2, 0.25) is 0 Å². The van der Waals surface area contributed by atoms with Gasteiger partial charge < -0.3 is 20.3 Å². The number of carboxylic acids is 1. The van der Waals surface area contributed by atoms with E-state index in [1.165, 1.54) is 0 Å². The van der Waals surface area contributed by atoms with Gasteiger partial charge in [-0.1, -0.05) is 12.1 Å². The van der Waals surface area contributed by atoms with E-state index in [4.69, 9.17) is 20.3 Å². The fourth-order valence-electron chi connectivity index (χ4n) is 2.58. The average Bonchev–Trinajstić information content (AvgIpc) is 2.72. The van der Waals surface area contributed by atoms with E-state index in [1.54, 1.807) is 0 Å². The van der Waals surface area contributed by atoms with Crippen LogP contribution in [0.25, 0.3) is 0 Å². The molecule has 0 saturated carbocycles. The Kier molecular flexibility index (Phi) is 4.98. The lowest BCUT2D eigenvalue weighted by Crippen LogP contribution is -2.27. The fraction of sp³-hybridized carbons (Fsp3) is 0.533. The van der Waals surface area contributed by atoms with Gasteiger partial charge in [-0.15, -0.1) is 0 Å². The first kappa shape index (κ1) is 14.8. The second-order valence-electron chi connectivity index (χ2n) is 4.91. The Balaban J connectivity index is 2.02. The summed E-state index contributed by atoms with van der Waals surface area (Å²) < 4.78 is 11.4. The molecule has 0 fully saturated rings. The van der Waals surface area contributed by atoms with Gasteiger partial charge in [0.25, 0.3) is 0 Å². The predicted octanol–water partition coefficient (Wildman–Crippen LogP) is 1.89. The van der Waals surface area contributed by atoms with Crippen LogP contribution in [-0.2, 0) is 16.0 Å². The van der Waals surface area contributed by atoms with Crippen molar-refractivity contribution in [3.05, 3.63) is 29.3 Å². The second-order valence-corrected chi connectivity index (χ2v) is 4.91. The zero-order valence-electron chi connectivity index (χ0n) is 11.7. The molecule has 0 radical (unpaired) electrons. The summed E-state index contributed by atoms with van der Waals surface area (Å²) in [5.41, 5.74) is 8.32. The van der Waals surface area contributed by atoms with Gasteiger partial charge in [0.05, 0.1) is 12.7 Å². The minimum Gasteiger partial charge on any atom is -0.494 e. The average molecular weight is 279 g/mol. The van der Waals surface area contributed by atoms with Gasteiger partial charge in [-0.2, -0.15) is 0 Å². The highest BCUT2D eigenvalue weighted by Gasteiger charge is 2.32. The fourth-order valence-corrected chi connectivity index (χ4v) is 2.58. The number of carbonyl (C=O) groups is 1. The minimum atomic E-state index is -0.802. The van der Waals surface area contributed by atoms with Gasteiger partial charge in [0.1, 0.15) is 5.75 Å². The van der Waals surface area contributed by atoms with E-state index in [-0.39, 0.29) is 18.6 Å². The first-order valence-corrected chi connectivity index (χ1v) is 6.97. The lowest BCUT2D eigenvalue weighted by Gasteiger charge is -2.17. The van der Waals surface area contributed by atoms with Crippen molar-refractivity contribution in [3.8, 4) is 5.75 Å². The van der Waals surface area contributed by atoms with Crippen molar-refractivity contribution >= 4 is 5.97 Å². The number of fused-ring (bicyclic) bond motifs is 1. The van der Waals surface area contributed by atoms with Gasteiger partial charge in [-0.05, 0) is 31.4 Å². The molecule has 2 atom stereocenters. The molecule has 0 aromatic heterocycles. The third-order valence-electron chi connectivity index (χ3n) is 3.44. The van der Waals surface area contributed by atoms with E-state index in [0.29, 0.717) is 19.6 Å². The molecule has 5 heteroatoms. The summed E-state index contributed by atoms with van der Waals surface area (Å²) in [4.78, 5) is 10.5. The van der Waals surface area contributed by atoms with Gasteiger partial charge >= 0.3 is 5.97 Å². The van der Waals surface area contributed by atoms with Crippen molar-refractivity contribution in [1.29, 1.82) is 0 Å². The van der Waals surface area contributed by atoms with E-state index in [9.17, 15) is 4.79 Å². The van der Waals surface area contributed by atoms with Crippen LogP contribution in [-0.4, -0.2) is 30.3 Å². The van der Waals surface area contributed by atoms with Gasteiger partial charge in [-0.3, -0.25) is 4.79 Å². The SMILES string of the molecule is CCOc1cccc2c1CC(N)C2OCCCC(=O)O. The van der Waals surface area contributed by atoms with Gasteiger partial charge in [0, 0.05) is 24.6 Å². The summed E-state index contributed by atoms with van der Waals surface area (Å²) >= 11 is 0. The number of benzene rings is 1. The Hall–Kier alpha value is -1.59. The van der Waals surface area contributed by atoms with E-state index in [2.05, 4.69) is 0 Å². The number of carboxylic acid groups (broad SMARTS) is 1. The Bertz CT molecular complexity index is 475. The highest BCUT2D eigenvalue weighted by atomic mass is 16.5. The van der Waals surface area contributed by atoms with E-state index >= 15 is 0 Å². The lowest BCUT2D eigenvalue weighted by molar-refractivity contribution is -0.137. The molecule has 0 amide bonds. The number of ether oxygens (including phenoxy) is 2. The molecule has 0 aliphatic heterocycles. The summed E-state index contributed by atoms with van der Waals surface area (Å²) in [5.74, 6) is 0.0699. The second kappa shape index (κ2) is 6.72. The maximum Gasteiger partial charge on any atom is 0.303 e. The normalized spacial score (nSPS) is 20.7. The van der Waals surface area contributed by atoms with Crippen LogP contribution in [0.4, 0.5) is 0 Å². The monoisotopic (exact) mass is 279 g/mol. The summed E-state index contributed by atoms with van der Waals surface area (Å²) in [6.45, 7) is 2.98. The van der Waals surface area contributed by atoms with Crippen LogP contribution in [0.2, 0.25) is 0 Å². The molecule has 0 saturated heterocycles. The van der Waals surface area contributed by atoms with Gasteiger partial charge in [0.15, 0.2) is 0 Å². The molecule has 0 spiro atoms. The molecule has 1 aromatic rings. The number of aliphatic carboxylic acids is 1. The van der Waals surface area contributed by atoms with Crippen molar-refractivity contribution in [3.63, 3.8) is 0 Å². The van der Waals surface area contributed by atoms with E-state index < -0.39 is 5.97 Å². The first-order valence-electron chi connectivity index (χ1n) is 6.97. The number of rotatable bonds is 7. The third kappa shape index (κ3) is 3.29. The van der Waals surface area contributed by atoms with Crippen molar-refractivity contribution in [2.45, 2.75) is 38.3 Å². The van der Waals surface area contributed by atoms with Crippen LogP contribution in [0.5, 0.6) is 5.75 Å². The summed E-state index contributed by atoms with van der Waals surface area (Å²) in [7, 11) is 0. The Morgan fingerprint density at radius 2 is 2.30 bits per heavy atom. The zero-order chi connectivity index (χ0) is 14.5. The molecule has 0 bridgehead atoms. The maximum atomic E-state index is 10.5. The quantitative estimate of drug-likeness (QED) is 0.745. The summed E-state index contributed by atoms with van der Waals surface area (Å²) in [5, 5.41) is 8.61. The minimum absolute atomic E-state index is 0.101. The molecule has 0 heterocycles. The van der Waals surface area contributed by atoms with Crippen LogP contribution in [0, 0.1) is 0 Å². The number of hydrogen-bond donors (Lipinski definition) is 2. The highest BCUT2D eigenvalue weighted by molar-refractivity contribution is 5.66. The summed E-state index contributed by atoms with van der Waals surface area (Å²) in [6.07, 6.45) is 1.18. The van der Waals surface area contributed by atoms with Crippen molar-refractivity contribution in [1.82, 2.24) is 0 Å². The zero-order valence-corrected chi connectivity index (χ0v) is 11.7. The molecule has 1 aliphatic rings. The van der Waals surface area contributed by atoms with Crippen LogP contribution < -0.4 is 10.5 Å². The molecular formula is C15H21NO4. The molecule has 20 heavy (non-hydrogen) atoms. The highest BCUT2D eigenvalue weighted by Crippen LogP contribution is 2.38. The summed E-state index contributed by atoms with van der Waals surface area (Å²) in [6, 6.07) is 5.79. The molecule has 5 nitrogen and oxygen atoms in total. The maximum absolute atomic E-state index is 10.5. The predicted molar refractivity (Wildman–Crippen MR) is 74.9 cm³/mol. The molecule has 3 N–H and O–H groups in total. The third-order valence-corrected chi connectivity index (χ3v) is 3.44. The molecule has 1 aliphatic carbocycles. The number of hydrogen-bond acceptors (Lipinski definition) is 4. The van der Waals surface area contributed by atoms with E-state index in [0.717, 1.165) is 23.3 Å². The van der Waals surface area contributed by atoms with Crippen molar-refractivity contribution < 1.29 is 19.4 Å². The van der Waals surface area contributed by atoms with Crippen LogP contribution >= 0.6 is 0 Å². The standard InChI is InChI=1S/C15H21NO4/c1-2-19-13-6-3-5-10-11(13)9-12(16)15(10)20-8-4-7-14(17)18/h3,5-6,12,15H,2,4,7-9,16H2,1H3,(H,17,18). The molecule has 1 aromatic carbocycles. The van der Waals surface area contributed by atoms with Crippen LogP contribution in [0.15, 0.2) is 18.2 Å². The van der Waals surface area contributed by atoms with Crippen LogP contribution in [0.3, 0.4) is 0 Å². The van der Waals surface area contributed by atoms with Gasteiger partial charge in [-0.25, -0.2) is 0 Å². The smallest absolute Gasteiger partial charge is 0.303 e. The molecular weight excluding hydrogens is 258 g/mol. The van der Waals surface area contributed by atoms with Crippen molar-refractivity contribution in [2.75, 3.05) is 13.2 Å². The number of nitrogens with two attached hydrogens (primary N) is 1. The Morgan fingerprint density at radius 3 is 3.00 bits per heavy atom. The topological polar surface area (TPSA) is 81.8 Å². The van der Waals surface area contributed by atoms with Crippen molar-refractivity contribution in [2.24, 2.45) is 5.73 Å². The van der Waals surface area contributed by atoms with E-state index in [1.807, 2.05) is 25.1 Å².